The molecule has 2 aromatic carbocycles. The monoisotopic (exact) mass is 306 g/mol. The smallest absolute Gasteiger partial charge is 0.255 e. The molecule has 0 saturated carbocycles. The highest BCUT2D eigenvalue weighted by Gasteiger charge is 2.22. The molecule has 0 heterocycles. The van der Waals surface area contributed by atoms with Crippen molar-refractivity contribution in [3.8, 4) is 0 Å². The third-order valence-electron chi connectivity index (χ3n) is 3.48. The molecule has 0 spiro atoms. The van der Waals surface area contributed by atoms with Crippen LogP contribution >= 0.6 is 11.6 Å². The van der Waals surface area contributed by atoms with Crippen LogP contribution in [0.4, 0.5) is 10.1 Å². The van der Waals surface area contributed by atoms with E-state index in [1.54, 1.807) is 44.3 Å². The van der Waals surface area contributed by atoms with Crippen LogP contribution in [0.5, 0.6) is 0 Å². The van der Waals surface area contributed by atoms with Crippen molar-refractivity contribution < 1.29 is 9.18 Å². The molecule has 0 aliphatic heterocycles. The Bertz CT molecular complexity index is 675. The number of nitrogen functional groups attached to an aromatic ring is 1. The van der Waals surface area contributed by atoms with Crippen LogP contribution in [-0.2, 0) is 0 Å². The highest BCUT2D eigenvalue weighted by atomic mass is 35.5. The summed E-state index contributed by atoms with van der Waals surface area (Å²) in [6.45, 7) is 1.77. The predicted molar refractivity (Wildman–Crippen MR) is 82.8 cm³/mol. The minimum Gasteiger partial charge on any atom is -0.399 e. The molecule has 0 bridgehead atoms. The van der Waals surface area contributed by atoms with Gasteiger partial charge < -0.3 is 10.6 Å². The lowest BCUT2D eigenvalue weighted by Gasteiger charge is -2.26. The summed E-state index contributed by atoms with van der Waals surface area (Å²) in [4.78, 5) is 13.9. The standard InChI is InChI=1S/C16H16ClFN2O/c1-10(12-5-3-4-6-15(12)18)20(2)16(21)13-8-7-11(19)9-14(13)17/h3-10H,19H2,1-2H3. The average Bonchev–Trinajstić information content (AvgIpc) is 2.45. The van der Waals surface area contributed by atoms with E-state index in [-0.39, 0.29) is 16.7 Å². The van der Waals surface area contributed by atoms with Crippen LogP contribution in [0.3, 0.4) is 0 Å². The van der Waals surface area contributed by atoms with Crippen molar-refractivity contribution in [2.45, 2.75) is 13.0 Å². The Morgan fingerprint density at radius 3 is 2.57 bits per heavy atom. The van der Waals surface area contributed by atoms with E-state index in [2.05, 4.69) is 0 Å². The lowest BCUT2D eigenvalue weighted by atomic mass is 10.1. The van der Waals surface area contributed by atoms with Crippen molar-refractivity contribution in [3.05, 3.63) is 64.4 Å². The fraction of sp³-hybridized carbons (Fsp3) is 0.188. The Morgan fingerprint density at radius 1 is 1.29 bits per heavy atom. The van der Waals surface area contributed by atoms with Gasteiger partial charge >= 0.3 is 0 Å². The number of benzene rings is 2. The molecule has 0 aliphatic rings. The fourth-order valence-corrected chi connectivity index (χ4v) is 2.36. The number of amides is 1. The van der Waals surface area contributed by atoms with Gasteiger partial charge in [-0.05, 0) is 31.2 Å². The van der Waals surface area contributed by atoms with Crippen molar-refractivity contribution in [3.63, 3.8) is 0 Å². The van der Waals surface area contributed by atoms with Crippen molar-refractivity contribution in [1.82, 2.24) is 4.90 Å². The van der Waals surface area contributed by atoms with Crippen LogP contribution in [0.15, 0.2) is 42.5 Å². The number of carbonyl (C=O) groups excluding carboxylic acids is 1. The molecule has 1 unspecified atom stereocenters. The van der Waals surface area contributed by atoms with Gasteiger partial charge in [-0.25, -0.2) is 4.39 Å². The van der Waals surface area contributed by atoms with E-state index in [0.717, 1.165) is 0 Å². The van der Waals surface area contributed by atoms with Gasteiger partial charge in [0.2, 0.25) is 0 Å². The molecule has 0 saturated heterocycles. The molecule has 21 heavy (non-hydrogen) atoms. The van der Waals surface area contributed by atoms with E-state index in [1.807, 2.05) is 0 Å². The second-order valence-electron chi connectivity index (χ2n) is 4.85. The van der Waals surface area contributed by atoms with Crippen LogP contribution in [-0.4, -0.2) is 17.9 Å². The first-order chi connectivity index (χ1) is 9.91. The van der Waals surface area contributed by atoms with Crippen molar-refractivity contribution in [2.75, 3.05) is 12.8 Å². The van der Waals surface area contributed by atoms with E-state index >= 15 is 0 Å². The van der Waals surface area contributed by atoms with Crippen molar-refractivity contribution >= 4 is 23.2 Å². The lowest BCUT2D eigenvalue weighted by Crippen LogP contribution is -2.30. The molecule has 2 aromatic rings. The zero-order chi connectivity index (χ0) is 15.6. The molecular weight excluding hydrogens is 291 g/mol. The van der Waals surface area contributed by atoms with Gasteiger partial charge in [0, 0.05) is 18.3 Å². The topological polar surface area (TPSA) is 46.3 Å². The van der Waals surface area contributed by atoms with Gasteiger partial charge in [0.1, 0.15) is 5.82 Å². The van der Waals surface area contributed by atoms with Crippen LogP contribution < -0.4 is 5.73 Å². The van der Waals surface area contributed by atoms with E-state index in [1.165, 1.54) is 17.0 Å². The zero-order valence-corrected chi connectivity index (χ0v) is 12.6. The number of hydrogen-bond acceptors (Lipinski definition) is 2. The van der Waals surface area contributed by atoms with E-state index in [9.17, 15) is 9.18 Å². The van der Waals surface area contributed by atoms with Gasteiger partial charge in [-0.1, -0.05) is 29.8 Å². The number of anilines is 1. The highest BCUT2D eigenvalue weighted by molar-refractivity contribution is 6.34. The molecule has 0 radical (unpaired) electrons. The molecular formula is C16H16ClFN2O. The number of carbonyl (C=O) groups is 1. The third kappa shape index (κ3) is 3.16. The summed E-state index contributed by atoms with van der Waals surface area (Å²) in [5, 5.41) is 0.285. The lowest BCUT2D eigenvalue weighted by molar-refractivity contribution is 0.0740. The number of rotatable bonds is 3. The van der Waals surface area contributed by atoms with Gasteiger partial charge in [-0.2, -0.15) is 0 Å². The minimum atomic E-state index is -0.410. The Labute approximate surface area is 128 Å². The second-order valence-corrected chi connectivity index (χ2v) is 5.26. The van der Waals surface area contributed by atoms with Gasteiger partial charge in [-0.3, -0.25) is 4.79 Å². The fourth-order valence-electron chi connectivity index (χ4n) is 2.09. The summed E-state index contributed by atoms with van der Waals surface area (Å²) in [6.07, 6.45) is 0. The molecule has 1 amide bonds. The quantitative estimate of drug-likeness (QED) is 0.874. The Hall–Kier alpha value is -2.07. The number of nitrogens with zero attached hydrogens (tertiary/aromatic N) is 1. The first kappa shape index (κ1) is 15.3. The first-order valence-electron chi connectivity index (χ1n) is 6.48. The Balaban J connectivity index is 2.29. The van der Waals surface area contributed by atoms with Crippen LogP contribution in [0, 0.1) is 5.82 Å². The summed E-state index contributed by atoms with van der Waals surface area (Å²) >= 11 is 6.05. The van der Waals surface area contributed by atoms with E-state index in [4.69, 9.17) is 17.3 Å². The molecule has 110 valence electrons. The van der Waals surface area contributed by atoms with E-state index < -0.39 is 6.04 Å². The molecule has 1 atom stereocenters. The van der Waals surface area contributed by atoms with Crippen LogP contribution in [0.2, 0.25) is 5.02 Å². The summed E-state index contributed by atoms with van der Waals surface area (Å²) < 4.78 is 13.8. The number of halogens is 2. The zero-order valence-electron chi connectivity index (χ0n) is 11.8. The average molecular weight is 307 g/mol. The largest absolute Gasteiger partial charge is 0.399 e. The predicted octanol–water partition coefficient (Wildman–Crippen LogP) is 3.89. The third-order valence-corrected chi connectivity index (χ3v) is 3.79. The molecule has 0 aliphatic carbocycles. The normalized spacial score (nSPS) is 12.0. The molecule has 3 nitrogen and oxygen atoms in total. The maximum Gasteiger partial charge on any atom is 0.255 e. The van der Waals surface area contributed by atoms with Gasteiger partial charge in [0.25, 0.3) is 5.91 Å². The summed E-state index contributed by atoms with van der Waals surface area (Å²) in [5.74, 6) is -0.621. The first-order valence-corrected chi connectivity index (χ1v) is 6.86. The number of nitrogens with two attached hydrogens (primary N) is 1. The van der Waals surface area contributed by atoms with E-state index in [0.29, 0.717) is 16.8 Å². The van der Waals surface area contributed by atoms with Crippen LogP contribution in [0.1, 0.15) is 28.9 Å². The summed E-state index contributed by atoms with van der Waals surface area (Å²) in [6, 6.07) is 10.7. The van der Waals surface area contributed by atoms with Gasteiger partial charge in [0.05, 0.1) is 16.6 Å². The maximum atomic E-state index is 13.8. The molecule has 0 fully saturated rings. The minimum absolute atomic E-state index is 0.282. The van der Waals surface area contributed by atoms with Gasteiger partial charge in [0.15, 0.2) is 0 Å². The van der Waals surface area contributed by atoms with Crippen molar-refractivity contribution in [1.29, 1.82) is 0 Å². The summed E-state index contributed by atoms with van der Waals surface area (Å²) in [5.41, 5.74) is 6.91. The molecule has 2 rings (SSSR count). The maximum absolute atomic E-state index is 13.8. The molecule has 0 aromatic heterocycles. The SMILES string of the molecule is CC(c1ccccc1F)N(C)C(=O)c1ccc(N)cc1Cl. The Morgan fingerprint density at radius 2 is 1.95 bits per heavy atom. The second kappa shape index (κ2) is 6.14. The van der Waals surface area contributed by atoms with Crippen LogP contribution in [0.25, 0.3) is 0 Å². The van der Waals surface area contributed by atoms with Gasteiger partial charge in [-0.15, -0.1) is 0 Å². The summed E-state index contributed by atoms with van der Waals surface area (Å²) in [7, 11) is 1.62. The Kier molecular flexibility index (Phi) is 4.48. The van der Waals surface area contributed by atoms with Crippen molar-refractivity contribution in [2.24, 2.45) is 0 Å². The highest BCUT2D eigenvalue weighted by Crippen LogP contribution is 2.26. The number of hydrogen-bond donors (Lipinski definition) is 1. The molecule has 5 heteroatoms. The molecule has 2 N–H and O–H groups in total.